The zero-order chi connectivity index (χ0) is 28.0. The lowest BCUT2D eigenvalue weighted by Gasteiger charge is -2.31. The van der Waals surface area contributed by atoms with E-state index < -0.39 is 57.1 Å². The van der Waals surface area contributed by atoms with Crippen LogP contribution in [-0.2, 0) is 20.8 Å². The minimum absolute atomic E-state index is 0.0215. The van der Waals surface area contributed by atoms with Crippen molar-refractivity contribution in [3.8, 4) is 0 Å². The van der Waals surface area contributed by atoms with E-state index in [9.17, 15) is 40.0 Å². The first-order valence-corrected chi connectivity index (χ1v) is 14.0. The summed E-state index contributed by atoms with van der Waals surface area (Å²) in [6, 6.07) is 0.619. The zero-order valence-electron chi connectivity index (χ0n) is 20.6. The summed E-state index contributed by atoms with van der Waals surface area (Å²) in [6.45, 7) is 1.83. The highest BCUT2D eigenvalue weighted by molar-refractivity contribution is 7.90. The van der Waals surface area contributed by atoms with E-state index in [4.69, 9.17) is 0 Å². The number of carbonyl (C=O) groups excluding carboxylic acids is 2. The highest BCUT2D eigenvalue weighted by Crippen LogP contribution is 2.43. The summed E-state index contributed by atoms with van der Waals surface area (Å²) in [5.41, 5.74) is -2.10. The molecule has 2 amide bonds. The minimum atomic E-state index is -5.08. The van der Waals surface area contributed by atoms with Crippen LogP contribution in [0.4, 0.5) is 22.0 Å². The smallest absolute Gasteiger partial charge is 0.347 e. The van der Waals surface area contributed by atoms with Gasteiger partial charge in [0.2, 0.25) is 5.91 Å². The van der Waals surface area contributed by atoms with Gasteiger partial charge in [0.05, 0.1) is 11.6 Å². The van der Waals surface area contributed by atoms with Crippen LogP contribution in [0.5, 0.6) is 0 Å². The molecule has 0 spiro atoms. The first kappa shape index (κ1) is 27.9. The van der Waals surface area contributed by atoms with Crippen molar-refractivity contribution in [2.24, 2.45) is 5.92 Å². The molecule has 0 radical (unpaired) electrons. The number of nitrogens with one attached hydrogen (secondary N) is 1. The number of alkyl halides is 3. The molecular formula is C25H26F5N3O4S. The van der Waals surface area contributed by atoms with Crippen LogP contribution in [0.2, 0.25) is 0 Å². The molecule has 7 nitrogen and oxygen atoms in total. The number of hydrogen-bond donors (Lipinski definition) is 1. The Labute approximate surface area is 216 Å². The molecule has 13 heteroatoms. The highest BCUT2D eigenvalue weighted by Gasteiger charge is 2.44. The third-order valence-corrected chi connectivity index (χ3v) is 7.97. The third-order valence-electron chi connectivity index (χ3n) is 6.99. The summed E-state index contributed by atoms with van der Waals surface area (Å²) in [7, 11) is -3.70. The molecule has 1 saturated heterocycles. The molecule has 2 aromatic rings. The summed E-state index contributed by atoms with van der Waals surface area (Å²) in [6.07, 6.45) is -0.585. The second-order valence-corrected chi connectivity index (χ2v) is 11.7. The molecule has 1 aromatic carbocycles. The van der Waals surface area contributed by atoms with Crippen molar-refractivity contribution < 1.29 is 40.0 Å². The number of pyridine rings is 1. The number of amides is 2. The lowest BCUT2D eigenvalue weighted by atomic mass is 9.98. The van der Waals surface area contributed by atoms with Crippen molar-refractivity contribution in [1.29, 1.82) is 0 Å². The average Bonchev–Trinajstić information content (AvgIpc) is 3.59. The maximum atomic E-state index is 14.8. The van der Waals surface area contributed by atoms with Crippen LogP contribution in [0.1, 0.15) is 66.6 Å². The van der Waals surface area contributed by atoms with E-state index in [1.54, 1.807) is 0 Å². The lowest BCUT2D eigenvalue weighted by molar-refractivity contribution is -0.140. The fraction of sp³-hybridized carbons (Fsp3) is 0.480. The van der Waals surface area contributed by atoms with E-state index in [1.165, 1.54) is 17.2 Å². The van der Waals surface area contributed by atoms with Crippen LogP contribution >= 0.6 is 0 Å². The Balaban J connectivity index is 1.62. The predicted octanol–water partition coefficient (Wildman–Crippen LogP) is 4.43. The van der Waals surface area contributed by atoms with Gasteiger partial charge in [0.15, 0.2) is 14.9 Å². The molecule has 206 valence electrons. The van der Waals surface area contributed by atoms with Crippen molar-refractivity contribution in [2.45, 2.75) is 68.4 Å². The first-order chi connectivity index (χ1) is 17.7. The Kier molecular flexibility index (Phi) is 7.52. The maximum absolute atomic E-state index is 14.8. The maximum Gasteiger partial charge on any atom is 0.419 e. The van der Waals surface area contributed by atoms with Gasteiger partial charge in [-0.15, -0.1) is 0 Å². The zero-order valence-corrected chi connectivity index (χ0v) is 21.4. The summed E-state index contributed by atoms with van der Waals surface area (Å²) < 4.78 is 91.9. The van der Waals surface area contributed by atoms with Crippen molar-refractivity contribution in [3.05, 3.63) is 58.8 Å². The van der Waals surface area contributed by atoms with Crippen molar-refractivity contribution in [1.82, 2.24) is 15.2 Å². The number of hydrogen-bond acceptors (Lipinski definition) is 5. The van der Waals surface area contributed by atoms with Crippen molar-refractivity contribution >= 4 is 21.7 Å². The number of carbonyl (C=O) groups is 2. The Morgan fingerprint density at radius 2 is 1.79 bits per heavy atom. The SMILES string of the molecule is CC[C@@H]1CC[C@H](C(=O)NC(c2cc(F)c(C(F)(F)F)cc2F)C2CC2)N1C(=O)c1ccnc(S(C)(=O)=O)c1. The fourth-order valence-electron chi connectivity index (χ4n) is 4.89. The van der Waals surface area contributed by atoms with Crippen LogP contribution in [-0.4, -0.2) is 48.5 Å². The minimum Gasteiger partial charge on any atom is -0.347 e. The molecule has 4 rings (SSSR count). The van der Waals surface area contributed by atoms with Crippen LogP contribution in [0.3, 0.4) is 0 Å². The predicted molar refractivity (Wildman–Crippen MR) is 126 cm³/mol. The molecule has 2 fully saturated rings. The normalized spacial score (nSPS) is 20.9. The van der Waals surface area contributed by atoms with E-state index >= 15 is 0 Å². The van der Waals surface area contributed by atoms with Gasteiger partial charge in [-0.05, 0) is 62.3 Å². The van der Waals surface area contributed by atoms with E-state index in [1.807, 2.05) is 6.92 Å². The standard InChI is InChI=1S/C25H26F5N3O4S/c1-3-15-6-7-20(33(15)24(35)14-8-9-31-21(10-14)38(2,36)37)23(34)32-22(13-4-5-13)16-11-19(27)17(12-18(16)26)25(28,29)30/h8-13,15,20,22H,3-7H2,1-2H3,(H,32,34)/t15-,20-,22?/m1/s1. The van der Waals surface area contributed by atoms with Crippen LogP contribution < -0.4 is 5.32 Å². The average molecular weight is 560 g/mol. The molecule has 1 aromatic heterocycles. The lowest BCUT2D eigenvalue weighted by Crippen LogP contribution is -2.49. The summed E-state index contributed by atoms with van der Waals surface area (Å²) in [5.74, 6) is -4.46. The molecule has 1 N–H and O–H groups in total. The number of rotatable bonds is 7. The van der Waals surface area contributed by atoms with Gasteiger partial charge < -0.3 is 10.2 Å². The van der Waals surface area contributed by atoms with Gasteiger partial charge in [-0.25, -0.2) is 22.2 Å². The number of aromatic nitrogens is 1. The molecule has 1 aliphatic heterocycles. The molecule has 38 heavy (non-hydrogen) atoms. The summed E-state index contributed by atoms with van der Waals surface area (Å²) >= 11 is 0. The Hall–Kier alpha value is -3.09. The summed E-state index contributed by atoms with van der Waals surface area (Å²) in [5, 5.41) is 2.35. The molecule has 0 bridgehead atoms. The molecule has 1 aliphatic carbocycles. The van der Waals surface area contributed by atoms with Crippen LogP contribution in [0, 0.1) is 17.6 Å². The van der Waals surface area contributed by atoms with Crippen molar-refractivity contribution in [2.75, 3.05) is 6.26 Å². The third kappa shape index (κ3) is 5.67. The number of sulfone groups is 1. The summed E-state index contributed by atoms with van der Waals surface area (Å²) in [4.78, 5) is 32.0. The van der Waals surface area contributed by atoms with Gasteiger partial charge >= 0.3 is 6.18 Å². The first-order valence-electron chi connectivity index (χ1n) is 12.1. The number of benzene rings is 1. The van der Waals surface area contributed by atoms with E-state index in [2.05, 4.69) is 10.3 Å². The van der Waals surface area contributed by atoms with Gasteiger partial charge in [0.1, 0.15) is 17.7 Å². The van der Waals surface area contributed by atoms with E-state index in [0.717, 1.165) is 12.3 Å². The molecule has 2 heterocycles. The number of likely N-dealkylation sites (tertiary alicyclic amines) is 1. The quantitative estimate of drug-likeness (QED) is 0.507. The molecule has 2 aliphatic rings. The van der Waals surface area contributed by atoms with Crippen LogP contribution in [0.15, 0.2) is 35.5 Å². The van der Waals surface area contributed by atoms with Gasteiger partial charge in [0.25, 0.3) is 5.91 Å². The number of nitrogens with zero attached hydrogens (tertiary/aromatic N) is 2. The van der Waals surface area contributed by atoms with Gasteiger partial charge in [-0.3, -0.25) is 9.59 Å². The molecule has 3 atom stereocenters. The largest absolute Gasteiger partial charge is 0.419 e. The van der Waals surface area contributed by atoms with E-state index in [0.29, 0.717) is 31.7 Å². The van der Waals surface area contributed by atoms with Crippen LogP contribution in [0.25, 0.3) is 0 Å². The molecule has 1 unspecified atom stereocenters. The topological polar surface area (TPSA) is 96.4 Å². The monoisotopic (exact) mass is 559 g/mol. The van der Waals surface area contributed by atoms with E-state index in [-0.39, 0.29) is 40.6 Å². The Morgan fingerprint density at radius 1 is 1.11 bits per heavy atom. The highest BCUT2D eigenvalue weighted by atomic mass is 32.2. The second-order valence-electron chi connectivity index (χ2n) is 9.70. The molecular weight excluding hydrogens is 533 g/mol. The number of halogens is 5. The van der Waals surface area contributed by atoms with Gasteiger partial charge in [0, 0.05) is 29.6 Å². The Bertz CT molecular complexity index is 1360. The van der Waals surface area contributed by atoms with Gasteiger partial charge in [-0.2, -0.15) is 13.2 Å². The second kappa shape index (κ2) is 10.2. The fourth-order valence-corrected chi connectivity index (χ4v) is 5.48. The Morgan fingerprint density at radius 3 is 2.37 bits per heavy atom. The van der Waals surface area contributed by atoms with Crippen molar-refractivity contribution in [3.63, 3.8) is 0 Å². The van der Waals surface area contributed by atoms with Gasteiger partial charge in [-0.1, -0.05) is 6.92 Å². The molecule has 1 saturated carbocycles.